The van der Waals surface area contributed by atoms with Crippen molar-refractivity contribution in [1.82, 2.24) is 0 Å². The zero-order valence-electron chi connectivity index (χ0n) is 14.9. The summed E-state index contributed by atoms with van der Waals surface area (Å²) < 4.78 is 0. The summed E-state index contributed by atoms with van der Waals surface area (Å²) in [5.74, 6) is 1.86. The topological polar surface area (TPSA) is 40.5 Å². The van der Waals surface area contributed by atoms with Crippen LogP contribution in [-0.2, 0) is 6.42 Å². The fourth-order valence-electron chi connectivity index (χ4n) is 4.89. The normalized spacial score (nSPS) is 28.2. The van der Waals surface area contributed by atoms with Crippen molar-refractivity contribution in [3.8, 4) is 11.5 Å². The Morgan fingerprint density at radius 2 is 1.78 bits per heavy atom. The maximum absolute atomic E-state index is 10.6. The molecule has 0 saturated heterocycles. The smallest absolute Gasteiger partial charge is 0.123 e. The maximum atomic E-state index is 10.6. The van der Waals surface area contributed by atoms with E-state index in [2.05, 4.69) is 33.8 Å². The van der Waals surface area contributed by atoms with E-state index in [9.17, 15) is 10.2 Å². The molecule has 2 heteroatoms. The monoisotopic (exact) mass is 314 g/mol. The van der Waals surface area contributed by atoms with Gasteiger partial charge in [0.25, 0.3) is 0 Å². The molecule has 1 aromatic carbocycles. The standard InChI is InChI=1S/C21H30O2/c1-5-6-7-8-14-10-18(22)20(19(23)11-14)15-9-13(2)16-12-17(15)21(16,3)4/h9-11,15-17,22-23H,5-8,12H2,1-4H3/t15?,16-,17+/m0/s1. The van der Waals surface area contributed by atoms with Crippen molar-refractivity contribution in [3.63, 3.8) is 0 Å². The molecule has 126 valence electrons. The van der Waals surface area contributed by atoms with Gasteiger partial charge in [-0.3, -0.25) is 0 Å². The second kappa shape index (κ2) is 5.89. The van der Waals surface area contributed by atoms with Gasteiger partial charge < -0.3 is 10.2 Å². The van der Waals surface area contributed by atoms with Gasteiger partial charge in [-0.25, -0.2) is 0 Å². The number of hydrogen-bond donors (Lipinski definition) is 2. The van der Waals surface area contributed by atoms with Crippen molar-refractivity contribution >= 4 is 0 Å². The molecule has 1 fully saturated rings. The first-order valence-corrected chi connectivity index (χ1v) is 9.09. The van der Waals surface area contributed by atoms with Gasteiger partial charge in [-0.15, -0.1) is 0 Å². The van der Waals surface area contributed by atoms with E-state index in [0.717, 1.165) is 24.0 Å². The average Bonchev–Trinajstić information content (AvgIpc) is 2.45. The molecule has 1 saturated carbocycles. The summed E-state index contributed by atoms with van der Waals surface area (Å²) in [6.07, 6.45) is 7.85. The van der Waals surface area contributed by atoms with Crippen LogP contribution in [0.3, 0.4) is 0 Å². The lowest BCUT2D eigenvalue weighted by Crippen LogP contribution is -2.50. The summed E-state index contributed by atoms with van der Waals surface area (Å²) in [5.41, 5.74) is 3.45. The number of hydrogen-bond acceptors (Lipinski definition) is 2. The highest BCUT2D eigenvalue weighted by Crippen LogP contribution is 2.64. The highest BCUT2D eigenvalue weighted by atomic mass is 16.3. The molecule has 0 heterocycles. The largest absolute Gasteiger partial charge is 0.507 e. The van der Waals surface area contributed by atoms with Gasteiger partial charge >= 0.3 is 0 Å². The van der Waals surface area contributed by atoms with Crippen LogP contribution in [-0.4, -0.2) is 10.2 Å². The summed E-state index contributed by atoms with van der Waals surface area (Å²) in [6, 6.07) is 3.73. The molecule has 0 amide bonds. The Labute approximate surface area is 140 Å². The van der Waals surface area contributed by atoms with Gasteiger partial charge in [-0.1, -0.05) is 45.3 Å². The van der Waals surface area contributed by atoms with Gasteiger partial charge in [0.05, 0.1) is 0 Å². The maximum Gasteiger partial charge on any atom is 0.123 e. The Kier molecular flexibility index (Phi) is 4.20. The molecule has 23 heavy (non-hydrogen) atoms. The molecule has 0 aromatic heterocycles. The van der Waals surface area contributed by atoms with Gasteiger partial charge in [0.2, 0.25) is 0 Å². The number of benzene rings is 1. The molecular formula is C21H30O2. The quantitative estimate of drug-likeness (QED) is 0.553. The van der Waals surface area contributed by atoms with Crippen molar-refractivity contribution in [2.24, 2.45) is 17.3 Å². The number of phenols is 2. The van der Waals surface area contributed by atoms with E-state index in [1.54, 1.807) is 0 Å². The molecule has 3 aliphatic rings. The summed E-state index contributed by atoms with van der Waals surface area (Å²) in [5, 5.41) is 21.2. The SMILES string of the molecule is CCCCCc1cc(O)c(C2C=C(C)[C@@H]3C[C@H]2C3(C)C)c(O)c1. The number of rotatable bonds is 5. The molecule has 0 spiro atoms. The first-order chi connectivity index (χ1) is 10.9. The molecule has 2 N–H and O–H groups in total. The van der Waals surface area contributed by atoms with Crippen LogP contribution >= 0.6 is 0 Å². The van der Waals surface area contributed by atoms with Crippen LogP contribution in [0.4, 0.5) is 0 Å². The van der Waals surface area contributed by atoms with E-state index in [0.29, 0.717) is 11.8 Å². The van der Waals surface area contributed by atoms with Crippen molar-refractivity contribution in [1.29, 1.82) is 0 Å². The Hall–Kier alpha value is -1.44. The van der Waals surface area contributed by atoms with Gasteiger partial charge in [0, 0.05) is 11.5 Å². The van der Waals surface area contributed by atoms with Gasteiger partial charge in [-0.2, -0.15) is 0 Å². The van der Waals surface area contributed by atoms with E-state index in [1.807, 2.05) is 12.1 Å². The van der Waals surface area contributed by atoms with E-state index in [-0.39, 0.29) is 22.8 Å². The fourth-order valence-corrected chi connectivity index (χ4v) is 4.89. The first-order valence-electron chi connectivity index (χ1n) is 9.09. The van der Waals surface area contributed by atoms with Crippen LogP contribution in [0.2, 0.25) is 0 Å². The lowest BCUT2D eigenvalue weighted by Gasteiger charge is -2.59. The lowest BCUT2D eigenvalue weighted by atomic mass is 9.45. The molecule has 2 bridgehead atoms. The van der Waals surface area contributed by atoms with Crippen molar-refractivity contribution in [2.75, 3.05) is 0 Å². The number of allylic oxidation sites excluding steroid dienone is 2. The van der Waals surface area contributed by atoms with Gasteiger partial charge in [0.15, 0.2) is 0 Å². The minimum atomic E-state index is 0.139. The van der Waals surface area contributed by atoms with Gasteiger partial charge in [-0.05, 0) is 61.1 Å². The lowest BCUT2D eigenvalue weighted by molar-refractivity contribution is -0.0198. The third kappa shape index (κ3) is 2.66. The van der Waals surface area contributed by atoms with Crippen molar-refractivity contribution < 1.29 is 10.2 Å². The van der Waals surface area contributed by atoms with E-state index >= 15 is 0 Å². The third-order valence-corrected chi connectivity index (χ3v) is 6.37. The first kappa shape index (κ1) is 16.4. The average molecular weight is 314 g/mol. The minimum Gasteiger partial charge on any atom is -0.507 e. The number of aryl methyl sites for hydroxylation is 1. The fraction of sp³-hybridized carbons (Fsp3) is 0.619. The molecule has 0 aliphatic heterocycles. The van der Waals surface area contributed by atoms with Crippen LogP contribution in [0.15, 0.2) is 23.8 Å². The van der Waals surface area contributed by atoms with Crippen molar-refractivity contribution in [2.45, 2.75) is 65.7 Å². The molecule has 1 aromatic rings. The molecule has 3 aliphatic carbocycles. The highest BCUT2D eigenvalue weighted by Gasteiger charge is 2.55. The van der Waals surface area contributed by atoms with E-state index < -0.39 is 0 Å². The van der Waals surface area contributed by atoms with Crippen LogP contribution in [0.1, 0.15) is 70.4 Å². The number of aromatic hydroxyl groups is 2. The van der Waals surface area contributed by atoms with Crippen LogP contribution in [0.25, 0.3) is 0 Å². The Morgan fingerprint density at radius 1 is 1.13 bits per heavy atom. The van der Waals surface area contributed by atoms with E-state index in [1.165, 1.54) is 24.8 Å². The Bertz CT molecular complexity index is 604. The molecule has 4 rings (SSSR count). The van der Waals surface area contributed by atoms with Crippen LogP contribution in [0, 0.1) is 17.3 Å². The van der Waals surface area contributed by atoms with Gasteiger partial charge in [0.1, 0.15) is 11.5 Å². The zero-order chi connectivity index (χ0) is 16.8. The van der Waals surface area contributed by atoms with E-state index in [4.69, 9.17) is 0 Å². The number of unbranched alkanes of at least 4 members (excludes halogenated alkanes) is 2. The Morgan fingerprint density at radius 3 is 2.30 bits per heavy atom. The van der Waals surface area contributed by atoms with Crippen molar-refractivity contribution in [3.05, 3.63) is 34.9 Å². The molecular weight excluding hydrogens is 284 g/mol. The predicted molar refractivity (Wildman–Crippen MR) is 94.9 cm³/mol. The zero-order valence-corrected chi connectivity index (χ0v) is 14.9. The summed E-state index contributed by atoms with van der Waals surface area (Å²) in [4.78, 5) is 0. The predicted octanol–water partition coefficient (Wildman–Crippen LogP) is 5.54. The molecule has 2 nitrogen and oxygen atoms in total. The summed E-state index contributed by atoms with van der Waals surface area (Å²) in [6.45, 7) is 9.02. The molecule has 3 atom stereocenters. The summed E-state index contributed by atoms with van der Waals surface area (Å²) >= 11 is 0. The molecule has 0 radical (unpaired) electrons. The third-order valence-electron chi connectivity index (χ3n) is 6.37. The number of phenolic OH excluding ortho intramolecular Hbond substituents is 2. The highest BCUT2D eigenvalue weighted by molar-refractivity contribution is 5.52. The van der Waals surface area contributed by atoms with Crippen LogP contribution < -0.4 is 0 Å². The Balaban J connectivity index is 1.90. The number of fused-ring (bicyclic) bond motifs is 1. The summed E-state index contributed by atoms with van der Waals surface area (Å²) in [7, 11) is 0. The second-order valence-electron chi connectivity index (χ2n) is 8.16. The second-order valence-corrected chi connectivity index (χ2v) is 8.16. The minimum absolute atomic E-state index is 0.139. The molecule has 1 unspecified atom stereocenters. The van der Waals surface area contributed by atoms with Crippen LogP contribution in [0.5, 0.6) is 11.5 Å².